The van der Waals surface area contributed by atoms with E-state index in [1.165, 1.54) is 0 Å². The van der Waals surface area contributed by atoms with E-state index in [1.807, 2.05) is 42.5 Å². The summed E-state index contributed by atoms with van der Waals surface area (Å²) in [6.45, 7) is 1.54. The second kappa shape index (κ2) is 7.06. The quantitative estimate of drug-likeness (QED) is 0.727. The Morgan fingerprint density at radius 3 is 2.38 bits per heavy atom. The van der Waals surface area contributed by atoms with Gasteiger partial charge in [0.05, 0.1) is 5.94 Å². The molecule has 0 spiro atoms. The molecule has 0 aromatic heterocycles. The van der Waals surface area contributed by atoms with Crippen molar-refractivity contribution in [2.24, 2.45) is 0 Å². The van der Waals surface area contributed by atoms with Gasteiger partial charge in [0.2, 0.25) is 0 Å². The molecular weight excluding hydrogens is 265 g/mol. The summed E-state index contributed by atoms with van der Waals surface area (Å²) in [7, 11) is -1.57. The molecule has 0 aliphatic rings. The van der Waals surface area contributed by atoms with E-state index in [4.69, 9.17) is 10.0 Å². The molecule has 0 saturated carbocycles. The molecule has 0 heterocycles. The van der Waals surface area contributed by atoms with Crippen molar-refractivity contribution in [3.63, 3.8) is 0 Å². The maximum absolute atomic E-state index is 12.2. The average Bonchev–Trinajstić information content (AvgIpc) is 2.48. The summed E-state index contributed by atoms with van der Waals surface area (Å²) in [5, 5.41) is 20.7. The molecular formula is C16H18BNO3. The van der Waals surface area contributed by atoms with E-state index in [0.717, 1.165) is 11.1 Å². The zero-order valence-electron chi connectivity index (χ0n) is 11.9. The molecule has 0 bridgehead atoms. The lowest BCUT2D eigenvalue weighted by molar-refractivity contribution is 0.0944. The molecule has 21 heavy (non-hydrogen) atoms. The zero-order chi connectivity index (χ0) is 15.2. The largest absolute Gasteiger partial charge is 0.475 e. The smallest absolute Gasteiger partial charge is 0.426 e. The fraction of sp³-hybridized carbons (Fsp3) is 0.188. The van der Waals surface area contributed by atoms with E-state index in [2.05, 4.69) is 5.32 Å². The van der Waals surface area contributed by atoms with Gasteiger partial charge in [-0.05, 0) is 30.5 Å². The van der Waals surface area contributed by atoms with Gasteiger partial charge in [-0.25, -0.2) is 0 Å². The predicted octanol–water partition coefficient (Wildman–Crippen LogP) is 1.41. The Hall–Kier alpha value is -2.11. The highest BCUT2D eigenvalue weighted by Crippen LogP contribution is 2.14. The standard InChI is InChI=1S/C16H18BNO3/c1-12(17(20)21)18-16(19)15-10-6-5-9-14(15)11-13-7-3-2-4-8-13/h2-10,12,20-21H,11H2,1H3,(H,18,19)/t12-/m1/s1. The lowest BCUT2D eigenvalue weighted by Gasteiger charge is -2.14. The minimum Gasteiger partial charge on any atom is -0.426 e. The third-order valence-corrected chi connectivity index (χ3v) is 3.31. The zero-order valence-corrected chi connectivity index (χ0v) is 11.9. The van der Waals surface area contributed by atoms with Gasteiger partial charge in [-0.3, -0.25) is 4.79 Å². The summed E-state index contributed by atoms with van der Waals surface area (Å²) in [6, 6.07) is 17.2. The average molecular weight is 283 g/mol. The molecule has 2 rings (SSSR count). The van der Waals surface area contributed by atoms with Gasteiger partial charge in [-0.1, -0.05) is 48.5 Å². The van der Waals surface area contributed by atoms with Crippen LogP contribution in [0.15, 0.2) is 54.6 Å². The van der Waals surface area contributed by atoms with Crippen LogP contribution in [0.4, 0.5) is 0 Å². The Morgan fingerprint density at radius 1 is 1.10 bits per heavy atom. The third kappa shape index (κ3) is 4.18. The van der Waals surface area contributed by atoms with Crippen molar-refractivity contribution >= 4 is 13.0 Å². The van der Waals surface area contributed by atoms with Crippen LogP contribution in [0.2, 0.25) is 0 Å². The van der Waals surface area contributed by atoms with E-state index in [1.54, 1.807) is 19.1 Å². The minimum atomic E-state index is -1.57. The molecule has 0 aliphatic carbocycles. The monoisotopic (exact) mass is 283 g/mol. The summed E-state index contributed by atoms with van der Waals surface area (Å²) in [4.78, 5) is 12.2. The molecule has 0 radical (unpaired) electrons. The van der Waals surface area contributed by atoms with Crippen LogP contribution in [0.5, 0.6) is 0 Å². The van der Waals surface area contributed by atoms with E-state index in [0.29, 0.717) is 12.0 Å². The van der Waals surface area contributed by atoms with Crippen molar-refractivity contribution in [3.8, 4) is 0 Å². The lowest BCUT2D eigenvalue weighted by atomic mass is 9.81. The van der Waals surface area contributed by atoms with Crippen LogP contribution in [0, 0.1) is 0 Å². The molecule has 108 valence electrons. The topological polar surface area (TPSA) is 69.6 Å². The van der Waals surface area contributed by atoms with Gasteiger partial charge < -0.3 is 15.4 Å². The van der Waals surface area contributed by atoms with Gasteiger partial charge in [-0.15, -0.1) is 0 Å². The fourth-order valence-corrected chi connectivity index (χ4v) is 2.07. The molecule has 0 saturated heterocycles. The first kappa shape index (κ1) is 15.3. The number of hydrogen-bond acceptors (Lipinski definition) is 3. The van der Waals surface area contributed by atoms with Gasteiger partial charge in [0.25, 0.3) is 5.91 Å². The number of rotatable bonds is 5. The van der Waals surface area contributed by atoms with E-state index in [-0.39, 0.29) is 5.91 Å². The Bertz CT molecular complexity index is 601. The molecule has 0 unspecified atom stereocenters. The van der Waals surface area contributed by atoms with Crippen LogP contribution in [-0.2, 0) is 6.42 Å². The van der Waals surface area contributed by atoms with E-state index < -0.39 is 13.1 Å². The molecule has 0 fully saturated rings. The van der Waals surface area contributed by atoms with Gasteiger partial charge in [0.1, 0.15) is 0 Å². The normalized spacial score (nSPS) is 11.8. The molecule has 4 nitrogen and oxygen atoms in total. The SMILES string of the molecule is C[C@@H](NC(=O)c1ccccc1Cc1ccccc1)B(O)O. The van der Waals surface area contributed by atoms with Crippen LogP contribution in [-0.4, -0.2) is 29.0 Å². The first-order chi connectivity index (χ1) is 10.1. The third-order valence-electron chi connectivity index (χ3n) is 3.31. The lowest BCUT2D eigenvalue weighted by Crippen LogP contribution is -2.44. The first-order valence-corrected chi connectivity index (χ1v) is 6.87. The highest BCUT2D eigenvalue weighted by Gasteiger charge is 2.21. The minimum absolute atomic E-state index is 0.304. The number of hydrogen-bond donors (Lipinski definition) is 3. The maximum atomic E-state index is 12.2. The summed E-state index contributed by atoms with van der Waals surface area (Å²) >= 11 is 0. The Kier molecular flexibility index (Phi) is 5.14. The van der Waals surface area contributed by atoms with Crippen molar-refractivity contribution in [2.45, 2.75) is 19.3 Å². The highest BCUT2D eigenvalue weighted by atomic mass is 16.4. The van der Waals surface area contributed by atoms with Crippen LogP contribution >= 0.6 is 0 Å². The molecule has 1 amide bonds. The summed E-state index contributed by atoms with van der Waals surface area (Å²) in [5.74, 6) is -1.02. The molecule has 2 aromatic rings. The van der Waals surface area contributed by atoms with Crippen LogP contribution in [0.3, 0.4) is 0 Å². The maximum Gasteiger partial charge on any atom is 0.475 e. The van der Waals surface area contributed by atoms with Crippen LogP contribution in [0.1, 0.15) is 28.4 Å². The van der Waals surface area contributed by atoms with Gasteiger partial charge in [0, 0.05) is 5.56 Å². The van der Waals surface area contributed by atoms with Crippen molar-refractivity contribution in [2.75, 3.05) is 0 Å². The van der Waals surface area contributed by atoms with E-state index in [9.17, 15) is 4.79 Å². The Balaban J connectivity index is 2.19. The summed E-state index contributed by atoms with van der Waals surface area (Å²) < 4.78 is 0. The number of benzene rings is 2. The number of nitrogens with one attached hydrogen (secondary N) is 1. The van der Waals surface area contributed by atoms with Crippen molar-refractivity contribution in [3.05, 3.63) is 71.3 Å². The van der Waals surface area contributed by atoms with Crippen LogP contribution < -0.4 is 5.32 Å². The molecule has 0 aliphatic heterocycles. The Labute approximate surface area is 124 Å². The molecule has 2 aromatic carbocycles. The van der Waals surface area contributed by atoms with E-state index >= 15 is 0 Å². The number of carbonyl (C=O) groups is 1. The summed E-state index contributed by atoms with van der Waals surface area (Å²) in [6.07, 6.45) is 0.653. The molecule has 1 atom stereocenters. The summed E-state index contributed by atoms with van der Waals surface area (Å²) in [5.41, 5.74) is 2.57. The molecule has 3 N–H and O–H groups in total. The first-order valence-electron chi connectivity index (χ1n) is 6.87. The number of amides is 1. The highest BCUT2D eigenvalue weighted by molar-refractivity contribution is 6.43. The van der Waals surface area contributed by atoms with Gasteiger partial charge in [0.15, 0.2) is 0 Å². The molecule has 5 heteroatoms. The predicted molar refractivity (Wildman–Crippen MR) is 82.8 cm³/mol. The van der Waals surface area contributed by atoms with Crippen molar-refractivity contribution < 1.29 is 14.8 Å². The van der Waals surface area contributed by atoms with Crippen molar-refractivity contribution in [1.82, 2.24) is 5.32 Å². The van der Waals surface area contributed by atoms with Crippen molar-refractivity contribution in [1.29, 1.82) is 0 Å². The van der Waals surface area contributed by atoms with Gasteiger partial charge >= 0.3 is 7.12 Å². The Morgan fingerprint density at radius 2 is 1.71 bits per heavy atom. The number of carbonyl (C=O) groups excluding carboxylic acids is 1. The van der Waals surface area contributed by atoms with Crippen LogP contribution in [0.25, 0.3) is 0 Å². The van der Waals surface area contributed by atoms with Gasteiger partial charge in [-0.2, -0.15) is 0 Å². The second-order valence-corrected chi connectivity index (χ2v) is 5.00. The fourth-order valence-electron chi connectivity index (χ4n) is 2.07. The second-order valence-electron chi connectivity index (χ2n) is 5.00.